The second-order valence-corrected chi connectivity index (χ2v) is 4.34. The fourth-order valence-electron chi connectivity index (χ4n) is 2.22. The van der Waals surface area contributed by atoms with Crippen molar-refractivity contribution in [2.75, 3.05) is 20.3 Å². The summed E-state index contributed by atoms with van der Waals surface area (Å²) >= 11 is 0. The van der Waals surface area contributed by atoms with Gasteiger partial charge < -0.3 is 10.1 Å². The summed E-state index contributed by atoms with van der Waals surface area (Å²) in [5.41, 5.74) is 1.74. The summed E-state index contributed by atoms with van der Waals surface area (Å²) in [5, 5.41) is 16.1. The Morgan fingerprint density at radius 2 is 2.24 bits per heavy atom. The summed E-state index contributed by atoms with van der Waals surface area (Å²) in [6.45, 7) is 3.34. The zero-order chi connectivity index (χ0) is 11.8. The second kappa shape index (κ2) is 4.05. The first-order valence-corrected chi connectivity index (χ1v) is 5.73. The number of hydrogen-bond donors (Lipinski definition) is 1. The summed E-state index contributed by atoms with van der Waals surface area (Å²) in [5.74, 6) is 1.09. The van der Waals surface area contributed by atoms with E-state index in [9.17, 15) is 0 Å². The SMILES string of the molecule is CNC1COCC1c1nnc2ccc(C)nn12. The molecule has 6 heteroatoms. The molecule has 1 aliphatic heterocycles. The van der Waals surface area contributed by atoms with E-state index in [4.69, 9.17) is 4.74 Å². The van der Waals surface area contributed by atoms with Gasteiger partial charge in [0.2, 0.25) is 0 Å². The lowest BCUT2D eigenvalue weighted by atomic mass is 10.0. The molecule has 1 fully saturated rings. The Morgan fingerprint density at radius 3 is 3.06 bits per heavy atom. The van der Waals surface area contributed by atoms with Crippen LogP contribution in [0.5, 0.6) is 0 Å². The minimum absolute atomic E-state index is 0.212. The van der Waals surface area contributed by atoms with Gasteiger partial charge >= 0.3 is 0 Å². The van der Waals surface area contributed by atoms with Crippen LogP contribution in [0.2, 0.25) is 0 Å². The number of hydrogen-bond acceptors (Lipinski definition) is 5. The van der Waals surface area contributed by atoms with Crippen LogP contribution in [0, 0.1) is 6.92 Å². The molecule has 0 spiro atoms. The lowest BCUT2D eigenvalue weighted by Gasteiger charge is -2.14. The van der Waals surface area contributed by atoms with Crippen molar-refractivity contribution in [3.05, 3.63) is 23.7 Å². The number of nitrogens with zero attached hydrogens (tertiary/aromatic N) is 4. The molecule has 0 aromatic carbocycles. The van der Waals surface area contributed by atoms with Gasteiger partial charge in [-0.05, 0) is 26.1 Å². The minimum Gasteiger partial charge on any atom is -0.379 e. The summed E-state index contributed by atoms with van der Waals surface area (Å²) in [6, 6.07) is 4.15. The monoisotopic (exact) mass is 233 g/mol. The van der Waals surface area contributed by atoms with Gasteiger partial charge in [-0.3, -0.25) is 0 Å². The predicted molar refractivity (Wildman–Crippen MR) is 61.9 cm³/mol. The number of fused-ring (bicyclic) bond motifs is 1. The highest BCUT2D eigenvalue weighted by molar-refractivity contribution is 5.37. The highest BCUT2D eigenvalue weighted by Gasteiger charge is 2.32. The Bertz CT molecular complexity index is 538. The van der Waals surface area contributed by atoms with E-state index in [1.165, 1.54) is 0 Å². The van der Waals surface area contributed by atoms with Crippen LogP contribution in [-0.4, -0.2) is 46.1 Å². The van der Waals surface area contributed by atoms with E-state index in [2.05, 4.69) is 20.6 Å². The Kier molecular flexibility index (Phi) is 2.53. The molecule has 6 nitrogen and oxygen atoms in total. The molecule has 2 unspecified atom stereocenters. The van der Waals surface area contributed by atoms with Crippen LogP contribution >= 0.6 is 0 Å². The smallest absolute Gasteiger partial charge is 0.177 e. The number of aryl methyl sites for hydroxylation is 1. The van der Waals surface area contributed by atoms with Crippen LogP contribution in [0.15, 0.2) is 12.1 Å². The van der Waals surface area contributed by atoms with E-state index in [0.29, 0.717) is 13.2 Å². The normalized spacial score (nSPS) is 24.6. The maximum absolute atomic E-state index is 5.49. The molecule has 17 heavy (non-hydrogen) atoms. The van der Waals surface area contributed by atoms with Gasteiger partial charge in [-0.25, -0.2) is 0 Å². The predicted octanol–water partition coefficient (Wildman–Crippen LogP) is 0.135. The van der Waals surface area contributed by atoms with Crippen LogP contribution in [0.3, 0.4) is 0 Å². The van der Waals surface area contributed by atoms with Gasteiger partial charge in [0.05, 0.1) is 24.8 Å². The average molecular weight is 233 g/mol. The van der Waals surface area contributed by atoms with Crippen LogP contribution in [0.1, 0.15) is 17.4 Å². The quantitative estimate of drug-likeness (QED) is 0.799. The van der Waals surface area contributed by atoms with Gasteiger partial charge in [0, 0.05) is 6.04 Å². The summed E-state index contributed by atoms with van der Waals surface area (Å²) in [6.07, 6.45) is 0. The molecular formula is C11H15N5O. The van der Waals surface area contributed by atoms with Gasteiger partial charge in [-0.2, -0.15) is 9.61 Å². The van der Waals surface area contributed by atoms with Crippen molar-refractivity contribution in [1.29, 1.82) is 0 Å². The van der Waals surface area contributed by atoms with Gasteiger partial charge in [-0.1, -0.05) is 0 Å². The zero-order valence-corrected chi connectivity index (χ0v) is 9.92. The highest BCUT2D eigenvalue weighted by atomic mass is 16.5. The van der Waals surface area contributed by atoms with Gasteiger partial charge in [0.1, 0.15) is 0 Å². The molecule has 0 radical (unpaired) electrons. The van der Waals surface area contributed by atoms with Crippen molar-refractivity contribution in [3.63, 3.8) is 0 Å². The molecule has 2 aromatic rings. The number of aromatic nitrogens is 4. The summed E-state index contributed by atoms with van der Waals surface area (Å²) in [7, 11) is 1.94. The molecule has 2 aromatic heterocycles. The van der Waals surface area contributed by atoms with E-state index in [1.807, 2.05) is 30.6 Å². The number of likely N-dealkylation sites (N-methyl/N-ethyl adjacent to an activating group) is 1. The first-order chi connectivity index (χ1) is 8.29. The molecule has 3 heterocycles. The summed E-state index contributed by atoms with van der Waals surface area (Å²) < 4.78 is 7.31. The third-order valence-corrected chi connectivity index (χ3v) is 3.20. The topological polar surface area (TPSA) is 64.3 Å². The Balaban J connectivity index is 2.07. The first kappa shape index (κ1) is 10.6. The molecule has 0 bridgehead atoms. The molecule has 1 aliphatic rings. The Morgan fingerprint density at radius 1 is 1.35 bits per heavy atom. The van der Waals surface area contributed by atoms with Crippen molar-refractivity contribution in [2.45, 2.75) is 18.9 Å². The van der Waals surface area contributed by atoms with Crippen LogP contribution in [0.4, 0.5) is 0 Å². The van der Waals surface area contributed by atoms with Gasteiger partial charge in [-0.15, -0.1) is 10.2 Å². The van der Waals surface area contributed by atoms with Gasteiger partial charge in [0.25, 0.3) is 0 Å². The molecular weight excluding hydrogens is 218 g/mol. The van der Waals surface area contributed by atoms with E-state index >= 15 is 0 Å². The molecule has 1 saturated heterocycles. The maximum Gasteiger partial charge on any atom is 0.177 e. The lowest BCUT2D eigenvalue weighted by molar-refractivity contribution is 0.188. The van der Waals surface area contributed by atoms with Crippen LogP contribution in [-0.2, 0) is 4.74 Å². The largest absolute Gasteiger partial charge is 0.379 e. The summed E-state index contributed by atoms with van der Waals surface area (Å²) in [4.78, 5) is 0. The van der Waals surface area contributed by atoms with E-state index < -0.39 is 0 Å². The van der Waals surface area contributed by atoms with Crippen LogP contribution in [0.25, 0.3) is 5.65 Å². The van der Waals surface area contributed by atoms with Crippen LogP contribution < -0.4 is 5.32 Å². The van der Waals surface area contributed by atoms with Crippen molar-refractivity contribution in [2.24, 2.45) is 0 Å². The van der Waals surface area contributed by atoms with Crippen molar-refractivity contribution >= 4 is 5.65 Å². The van der Waals surface area contributed by atoms with E-state index in [1.54, 1.807) is 0 Å². The zero-order valence-electron chi connectivity index (χ0n) is 9.92. The van der Waals surface area contributed by atoms with E-state index in [0.717, 1.165) is 17.2 Å². The van der Waals surface area contributed by atoms with Crippen molar-refractivity contribution in [1.82, 2.24) is 25.1 Å². The average Bonchev–Trinajstić information content (AvgIpc) is 2.93. The van der Waals surface area contributed by atoms with Crippen molar-refractivity contribution in [3.8, 4) is 0 Å². The van der Waals surface area contributed by atoms with Gasteiger partial charge in [0.15, 0.2) is 11.5 Å². The minimum atomic E-state index is 0.212. The molecule has 1 N–H and O–H groups in total. The fraction of sp³-hybridized carbons (Fsp3) is 0.545. The standard InChI is InChI=1S/C11H15N5O/c1-7-3-4-10-13-14-11(16(10)15-7)8-5-17-6-9(8)12-2/h3-4,8-9,12H,5-6H2,1-2H3. The first-order valence-electron chi connectivity index (χ1n) is 5.73. The molecule has 90 valence electrons. The Labute approximate surface area is 99.0 Å². The lowest BCUT2D eigenvalue weighted by Crippen LogP contribution is -2.32. The third kappa shape index (κ3) is 1.69. The number of rotatable bonds is 2. The fourth-order valence-corrected chi connectivity index (χ4v) is 2.22. The molecule has 0 aliphatic carbocycles. The maximum atomic E-state index is 5.49. The third-order valence-electron chi connectivity index (χ3n) is 3.20. The highest BCUT2D eigenvalue weighted by Crippen LogP contribution is 2.24. The number of ether oxygens (including phenoxy) is 1. The number of nitrogens with one attached hydrogen (secondary N) is 1. The molecule has 3 rings (SSSR count). The Hall–Kier alpha value is -1.53. The molecule has 2 atom stereocenters. The second-order valence-electron chi connectivity index (χ2n) is 4.34. The molecule has 0 saturated carbocycles. The van der Waals surface area contributed by atoms with Crippen molar-refractivity contribution < 1.29 is 4.74 Å². The molecule has 0 amide bonds. The van der Waals surface area contributed by atoms with E-state index in [-0.39, 0.29) is 12.0 Å².